The number of benzene rings is 1. The van der Waals surface area contributed by atoms with E-state index in [1.807, 2.05) is 26.0 Å². The second-order valence-electron chi connectivity index (χ2n) is 3.56. The van der Waals surface area contributed by atoms with Crippen LogP contribution in [0, 0.1) is 0 Å². The number of thioether (sulfide) groups is 1. The van der Waals surface area contributed by atoms with Crippen LogP contribution in [-0.4, -0.2) is 15.8 Å². The first-order valence-electron chi connectivity index (χ1n) is 5.22. The Balaban J connectivity index is 2.91. The minimum atomic E-state index is -0.752. The average molecular weight is 259 g/mol. The van der Waals surface area contributed by atoms with E-state index in [-0.39, 0.29) is 0 Å². The molecule has 0 saturated heterocycles. The number of hydrogen-bond donors (Lipinski definition) is 1. The van der Waals surface area contributed by atoms with E-state index >= 15 is 0 Å². The molecule has 1 rings (SSSR count). The lowest BCUT2D eigenvalue weighted by molar-refractivity contribution is -0.140. The number of rotatable bonds is 5. The predicted octanol–water partition coefficient (Wildman–Crippen LogP) is 4.08. The Bertz CT molecular complexity index is 358. The van der Waals surface area contributed by atoms with Crippen molar-refractivity contribution in [3.05, 3.63) is 29.3 Å². The zero-order valence-corrected chi connectivity index (χ0v) is 10.9. The summed E-state index contributed by atoms with van der Waals surface area (Å²) in [5.74, 6) is -0.752. The van der Waals surface area contributed by atoms with Crippen LogP contribution in [0.1, 0.15) is 26.7 Å². The summed E-state index contributed by atoms with van der Waals surface area (Å²) in [7, 11) is 0. The van der Waals surface area contributed by atoms with Crippen molar-refractivity contribution in [3.63, 3.8) is 0 Å². The first-order chi connectivity index (χ1) is 7.54. The van der Waals surface area contributed by atoms with Crippen LogP contribution in [0.4, 0.5) is 0 Å². The van der Waals surface area contributed by atoms with Gasteiger partial charge in [0.2, 0.25) is 0 Å². The highest BCUT2D eigenvalue weighted by Crippen LogP contribution is 2.38. The van der Waals surface area contributed by atoms with Crippen molar-refractivity contribution in [2.45, 2.75) is 36.3 Å². The zero-order valence-electron chi connectivity index (χ0n) is 9.37. The molecule has 0 radical (unpaired) electrons. The highest BCUT2D eigenvalue weighted by Gasteiger charge is 2.35. The van der Waals surface area contributed by atoms with E-state index in [0.717, 1.165) is 4.90 Å². The summed E-state index contributed by atoms with van der Waals surface area (Å²) in [4.78, 5) is 12.2. The molecule has 2 nitrogen and oxygen atoms in total. The van der Waals surface area contributed by atoms with Crippen LogP contribution in [0.3, 0.4) is 0 Å². The van der Waals surface area contributed by atoms with Gasteiger partial charge >= 0.3 is 5.97 Å². The van der Waals surface area contributed by atoms with Crippen LogP contribution < -0.4 is 0 Å². The van der Waals surface area contributed by atoms with Crippen LogP contribution in [0.25, 0.3) is 0 Å². The first-order valence-corrected chi connectivity index (χ1v) is 6.41. The quantitative estimate of drug-likeness (QED) is 0.809. The summed E-state index contributed by atoms with van der Waals surface area (Å²) in [6.07, 6.45) is 1.21. The summed E-state index contributed by atoms with van der Waals surface area (Å²) in [6.45, 7) is 3.81. The van der Waals surface area contributed by atoms with Crippen molar-refractivity contribution >= 4 is 29.3 Å². The van der Waals surface area contributed by atoms with Gasteiger partial charge in [-0.1, -0.05) is 25.4 Å². The lowest BCUT2D eigenvalue weighted by Gasteiger charge is -2.25. The third-order valence-corrected chi connectivity index (χ3v) is 4.56. The second kappa shape index (κ2) is 5.60. The normalized spacial score (nSPS) is 11.4. The number of halogens is 1. The highest BCUT2D eigenvalue weighted by molar-refractivity contribution is 8.01. The SMILES string of the molecule is CCC(CC)(Sc1ccc(Cl)cc1)C(=O)O. The van der Waals surface area contributed by atoms with E-state index in [1.54, 1.807) is 12.1 Å². The third-order valence-electron chi connectivity index (χ3n) is 2.66. The van der Waals surface area contributed by atoms with Gasteiger partial charge in [-0.3, -0.25) is 4.79 Å². The molecule has 16 heavy (non-hydrogen) atoms. The molecule has 0 fully saturated rings. The molecule has 1 N–H and O–H groups in total. The summed E-state index contributed by atoms with van der Waals surface area (Å²) in [6, 6.07) is 7.27. The largest absolute Gasteiger partial charge is 0.480 e. The van der Waals surface area contributed by atoms with Gasteiger partial charge in [-0.05, 0) is 37.1 Å². The predicted molar refractivity (Wildman–Crippen MR) is 68.3 cm³/mol. The van der Waals surface area contributed by atoms with Crippen LogP contribution in [0.2, 0.25) is 5.02 Å². The lowest BCUT2D eigenvalue weighted by atomic mass is 10.0. The Kier molecular flexibility index (Phi) is 4.69. The molecular weight excluding hydrogens is 244 g/mol. The van der Waals surface area contributed by atoms with Crippen molar-refractivity contribution in [3.8, 4) is 0 Å². The molecule has 0 spiro atoms. The molecule has 0 atom stereocenters. The molecule has 0 amide bonds. The Hall–Kier alpha value is -0.670. The number of carbonyl (C=O) groups is 1. The van der Waals surface area contributed by atoms with E-state index in [4.69, 9.17) is 11.6 Å². The summed E-state index contributed by atoms with van der Waals surface area (Å²) >= 11 is 7.18. The molecule has 0 aromatic heterocycles. The van der Waals surface area contributed by atoms with Crippen molar-refractivity contribution in [1.29, 1.82) is 0 Å². The standard InChI is InChI=1S/C12H15ClO2S/c1-3-12(4-2,11(14)15)16-10-7-5-9(13)6-8-10/h5-8H,3-4H2,1-2H3,(H,14,15). The molecule has 88 valence electrons. The number of hydrogen-bond acceptors (Lipinski definition) is 2. The Labute approximate surface area is 105 Å². The monoisotopic (exact) mass is 258 g/mol. The molecule has 0 bridgehead atoms. The maximum Gasteiger partial charge on any atom is 0.320 e. The molecule has 4 heteroatoms. The molecule has 0 saturated carbocycles. The summed E-state index contributed by atoms with van der Waals surface area (Å²) < 4.78 is -0.728. The first kappa shape index (κ1) is 13.4. The third kappa shape index (κ3) is 2.92. The van der Waals surface area contributed by atoms with Gasteiger partial charge in [0.15, 0.2) is 0 Å². The van der Waals surface area contributed by atoms with Crippen molar-refractivity contribution in [2.24, 2.45) is 0 Å². The molecule has 0 aliphatic heterocycles. The molecule has 1 aromatic rings. The lowest BCUT2D eigenvalue weighted by Crippen LogP contribution is -2.33. The summed E-state index contributed by atoms with van der Waals surface area (Å²) in [5, 5.41) is 9.96. The van der Waals surface area contributed by atoms with Crippen molar-refractivity contribution < 1.29 is 9.90 Å². The van der Waals surface area contributed by atoms with Gasteiger partial charge in [-0.15, -0.1) is 11.8 Å². The van der Waals surface area contributed by atoms with E-state index in [1.165, 1.54) is 11.8 Å². The van der Waals surface area contributed by atoms with Gasteiger partial charge in [0.25, 0.3) is 0 Å². The maximum absolute atomic E-state index is 11.3. The van der Waals surface area contributed by atoms with E-state index in [2.05, 4.69) is 0 Å². The molecule has 0 unspecified atom stereocenters. The van der Waals surface area contributed by atoms with Gasteiger partial charge in [-0.2, -0.15) is 0 Å². The molecule has 1 aromatic carbocycles. The molecule has 0 heterocycles. The Morgan fingerprint density at radius 1 is 1.31 bits per heavy atom. The molecule has 0 aliphatic rings. The molecular formula is C12H15ClO2S. The van der Waals surface area contributed by atoms with E-state index in [9.17, 15) is 9.90 Å². The second-order valence-corrected chi connectivity index (χ2v) is 5.46. The minimum absolute atomic E-state index is 0.603. The Morgan fingerprint density at radius 3 is 2.19 bits per heavy atom. The van der Waals surface area contributed by atoms with Gasteiger partial charge in [0, 0.05) is 9.92 Å². The van der Waals surface area contributed by atoms with Crippen molar-refractivity contribution in [1.82, 2.24) is 0 Å². The van der Waals surface area contributed by atoms with E-state index < -0.39 is 10.7 Å². The van der Waals surface area contributed by atoms with Crippen LogP contribution in [0.15, 0.2) is 29.2 Å². The average Bonchev–Trinajstić information content (AvgIpc) is 2.28. The number of carboxylic acid groups (broad SMARTS) is 1. The molecule has 0 aliphatic carbocycles. The minimum Gasteiger partial charge on any atom is -0.480 e. The number of carboxylic acids is 1. The number of aliphatic carboxylic acids is 1. The Morgan fingerprint density at radius 2 is 1.81 bits per heavy atom. The van der Waals surface area contributed by atoms with Gasteiger partial charge in [0.1, 0.15) is 4.75 Å². The van der Waals surface area contributed by atoms with E-state index in [0.29, 0.717) is 17.9 Å². The summed E-state index contributed by atoms with van der Waals surface area (Å²) in [5.41, 5.74) is 0. The van der Waals surface area contributed by atoms with Crippen LogP contribution in [0.5, 0.6) is 0 Å². The van der Waals surface area contributed by atoms with Crippen LogP contribution >= 0.6 is 23.4 Å². The zero-order chi connectivity index (χ0) is 12.2. The topological polar surface area (TPSA) is 37.3 Å². The fourth-order valence-corrected chi connectivity index (χ4v) is 2.69. The van der Waals surface area contributed by atoms with Gasteiger partial charge < -0.3 is 5.11 Å². The van der Waals surface area contributed by atoms with Gasteiger partial charge in [-0.25, -0.2) is 0 Å². The van der Waals surface area contributed by atoms with Crippen LogP contribution in [-0.2, 0) is 4.79 Å². The fourth-order valence-electron chi connectivity index (χ4n) is 1.47. The highest BCUT2D eigenvalue weighted by atomic mass is 35.5. The maximum atomic E-state index is 11.3. The van der Waals surface area contributed by atoms with Crippen molar-refractivity contribution in [2.75, 3.05) is 0 Å². The fraction of sp³-hybridized carbons (Fsp3) is 0.417. The van der Waals surface area contributed by atoms with Gasteiger partial charge in [0.05, 0.1) is 0 Å². The smallest absolute Gasteiger partial charge is 0.320 e.